The van der Waals surface area contributed by atoms with Gasteiger partial charge < -0.3 is 15.7 Å². The van der Waals surface area contributed by atoms with Crippen molar-refractivity contribution in [3.05, 3.63) is 0 Å². The molecule has 2 unspecified atom stereocenters. The molecule has 19 heavy (non-hydrogen) atoms. The van der Waals surface area contributed by atoms with E-state index in [0.29, 0.717) is 6.54 Å². The third kappa shape index (κ3) is 4.49. The van der Waals surface area contributed by atoms with Gasteiger partial charge in [-0.15, -0.1) is 0 Å². The van der Waals surface area contributed by atoms with E-state index in [2.05, 4.69) is 10.6 Å². The van der Waals surface area contributed by atoms with Crippen LogP contribution in [-0.2, 0) is 9.59 Å². The molecule has 0 aromatic heterocycles. The topological polar surface area (TPSA) is 78.4 Å². The number of carbonyl (C=O) groups is 2. The highest BCUT2D eigenvalue weighted by atomic mass is 16.4. The minimum absolute atomic E-state index is 0.0203. The molecule has 0 aromatic rings. The molecule has 1 saturated heterocycles. The second-order valence-corrected chi connectivity index (χ2v) is 5.50. The summed E-state index contributed by atoms with van der Waals surface area (Å²) in [5.74, 6) is -0.705. The summed E-state index contributed by atoms with van der Waals surface area (Å²) in [7, 11) is 0. The first-order chi connectivity index (χ1) is 9.04. The van der Waals surface area contributed by atoms with Gasteiger partial charge in [-0.2, -0.15) is 0 Å². The predicted molar refractivity (Wildman–Crippen MR) is 73.9 cm³/mol. The van der Waals surface area contributed by atoms with Crippen LogP contribution in [0.3, 0.4) is 0 Å². The SMILES string of the molecule is CCC(CNC(=O)C1(CC)CCCNC1)CC(=O)O. The van der Waals surface area contributed by atoms with E-state index in [1.807, 2.05) is 13.8 Å². The van der Waals surface area contributed by atoms with Crippen LogP contribution in [0.4, 0.5) is 0 Å². The summed E-state index contributed by atoms with van der Waals surface area (Å²) in [6.07, 6.45) is 3.64. The summed E-state index contributed by atoms with van der Waals surface area (Å²) >= 11 is 0. The second kappa shape index (κ2) is 7.48. The Labute approximate surface area is 115 Å². The highest BCUT2D eigenvalue weighted by Gasteiger charge is 2.37. The molecule has 1 aliphatic rings. The minimum Gasteiger partial charge on any atom is -0.481 e. The molecule has 0 bridgehead atoms. The zero-order chi connectivity index (χ0) is 14.3. The first-order valence-electron chi connectivity index (χ1n) is 7.25. The fourth-order valence-electron chi connectivity index (χ4n) is 2.66. The number of carboxylic acid groups (broad SMARTS) is 1. The van der Waals surface area contributed by atoms with E-state index in [1.54, 1.807) is 0 Å². The lowest BCUT2D eigenvalue weighted by atomic mass is 9.77. The fourth-order valence-corrected chi connectivity index (χ4v) is 2.66. The molecule has 1 heterocycles. The Bertz CT molecular complexity index is 312. The maximum Gasteiger partial charge on any atom is 0.303 e. The number of amides is 1. The van der Waals surface area contributed by atoms with E-state index in [0.717, 1.165) is 38.8 Å². The molecule has 1 amide bonds. The molecule has 0 spiro atoms. The zero-order valence-electron chi connectivity index (χ0n) is 12.0. The van der Waals surface area contributed by atoms with Gasteiger partial charge in [0, 0.05) is 19.5 Å². The lowest BCUT2D eigenvalue weighted by molar-refractivity contribution is -0.139. The molecule has 0 saturated carbocycles. The average Bonchev–Trinajstić information content (AvgIpc) is 2.43. The van der Waals surface area contributed by atoms with E-state index in [-0.39, 0.29) is 23.7 Å². The van der Waals surface area contributed by atoms with Gasteiger partial charge in [0.1, 0.15) is 0 Å². The van der Waals surface area contributed by atoms with Crippen LogP contribution in [0.15, 0.2) is 0 Å². The third-order valence-corrected chi connectivity index (χ3v) is 4.22. The van der Waals surface area contributed by atoms with Gasteiger partial charge in [0.05, 0.1) is 5.41 Å². The van der Waals surface area contributed by atoms with Gasteiger partial charge in [0.2, 0.25) is 5.91 Å². The maximum absolute atomic E-state index is 12.4. The monoisotopic (exact) mass is 270 g/mol. The second-order valence-electron chi connectivity index (χ2n) is 5.50. The van der Waals surface area contributed by atoms with Crippen LogP contribution in [0.5, 0.6) is 0 Å². The number of carbonyl (C=O) groups excluding carboxylic acids is 1. The van der Waals surface area contributed by atoms with Crippen molar-refractivity contribution in [2.45, 2.75) is 46.0 Å². The predicted octanol–water partition coefficient (Wildman–Crippen LogP) is 1.38. The van der Waals surface area contributed by atoms with Gasteiger partial charge in [0.25, 0.3) is 0 Å². The van der Waals surface area contributed by atoms with Gasteiger partial charge in [-0.25, -0.2) is 0 Å². The number of piperidine rings is 1. The van der Waals surface area contributed by atoms with E-state index >= 15 is 0 Å². The van der Waals surface area contributed by atoms with E-state index in [9.17, 15) is 9.59 Å². The van der Waals surface area contributed by atoms with Crippen LogP contribution in [-0.4, -0.2) is 36.6 Å². The summed E-state index contributed by atoms with van der Waals surface area (Å²) < 4.78 is 0. The van der Waals surface area contributed by atoms with Crippen molar-refractivity contribution in [2.75, 3.05) is 19.6 Å². The Balaban J connectivity index is 2.50. The molecule has 1 aliphatic heterocycles. The number of carboxylic acids is 1. The molecule has 5 heteroatoms. The Hall–Kier alpha value is -1.10. The molecular formula is C14H26N2O3. The molecule has 5 nitrogen and oxygen atoms in total. The van der Waals surface area contributed by atoms with Gasteiger partial charge in [0.15, 0.2) is 0 Å². The lowest BCUT2D eigenvalue weighted by Crippen LogP contribution is -2.51. The van der Waals surface area contributed by atoms with Gasteiger partial charge in [-0.1, -0.05) is 20.3 Å². The molecule has 1 fully saturated rings. The van der Waals surface area contributed by atoms with Crippen LogP contribution in [0.25, 0.3) is 0 Å². The van der Waals surface area contributed by atoms with Crippen molar-refractivity contribution in [1.29, 1.82) is 0 Å². The van der Waals surface area contributed by atoms with Crippen molar-refractivity contribution < 1.29 is 14.7 Å². The Morgan fingerprint density at radius 3 is 2.63 bits per heavy atom. The van der Waals surface area contributed by atoms with E-state index < -0.39 is 5.97 Å². The summed E-state index contributed by atoms with van der Waals surface area (Å²) in [5.41, 5.74) is -0.306. The molecule has 2 atom stereocenters. The molecule has 0 radical (unpaired) electrons. The Morgan fingerprint density at radius 2 is 2.16 bits per heavy atom. The number of rotatable bonds is 7. The van der Waals surface area contributed by atoms with Gasteiger partial charge >= 0.3 is 5.97 Å². The van der Waals surface area contributed by atoms with Gasteiger partial charge in [-0.05, 0) is 31.7 Å². The quantitative estimate of drug-likeness (QED) is 0.653. The highest BCUT2D eigenvalue weighted by molar-refractivity contribution is 5.83. The number of nitrogens with one attached hydrogen (secondary N) is 2. The van der Waals surface area contributed by atoms with Gasteiger partial charge in [-0.3, -0.25) is 9.59 Å². The van der Waals surface area contributed by atoms with Crippen LogP contribution >= 0.6 is 0 Å². The first-order valence-corrected chi connectivity index (χ1v) is 7.25. The zero-order valence-corrected chi connectivity index (χ0v) is 12.0. The van der Waals surface area contributed by atoms with Crippen molar-refractivity contribution in [1.82, 2.24) is 10.6 Å². The van der Waals surface area contributed by atoms with Crippen molar-refractivity contribution in [3.63, 3.8) is 0 Å². The number of hydrogen-bond donors (Lipinski definition) is 3. The van der Waals surface area contributed by atoms with Crippen LogP contribution in [0.2, 0.25) is 0 Å². The van der Waals surface area contributed by atoms with Crippen LogP contribution in [0, 0.1) is 11.3 Å². The van der Waals surface area contributed by atoms with E-state index in [1.165, 1.54) is 0 Å². The normalized spacial score (nSPS) is 24.7. The first kappa shape index (κ1) is 16.0. The van der Waals surface area contributed by atoms with Crippen molar-refractivity contribution in [3.8, 4) is 0 Å². The minimum atomic E-state index is -0.800. The Kier molecular flexibility index (Phi) is 6.28. The summed E-state index contributed by atoms with van der Waals surface area (Å²) in [5, 5.41) is 15.0. The molecule has 1 rings (SSSR count). The van der Waals surface area contributed by atoms with Crippen LogP contribution in [0.1, 0.15) is 46.0 Å². The molecule has 110 valence electrons. The van der Waals surface area contributed by atoms with E-state index in [4.69, 9.17) is 5.11 Å². The van der Waals surface area contributed by atoms with Crippen molar-refractivity contribution >= 4 is 11.9 Å². The molecule has 0 aromatic carbocycles. The lowest BCUT2D eigenvalue weighted by Gasteiger charge is -2.35. The maximum atomic E-state index is 12.4. The summed E-state index contributed by atoms with van der Waals surface area (Å²) in [6, 6.07) is 0. The van der Waals surface area contributed by atoms with Crippen LogP contribution < -0.4 is 10.6 Å². The fraction of sp³-hybridized carbons (Fsp3) is 0.857. The number of hydrogen-bond acceptors (Lipinski definition) is 3. The molecular weight excluding hydrogens is 244 g/mol. The highest BCUT2D eigenvalue weighted by Crippen LogP contribution is 2.30. The summed E-state index contributed by atoms with van der Waals surface area (Å²) in [4.78, 5) is 23.1. The standard InChI is InChI=1S/C14H26N2O3/c1-3-11(8-12(17)18)9-16-13(19)14(4-2)6-5-7-15-10-14/h11,15H,3-10H2,1-2H3,(H,16,19)(H,17,18). The smallest absolute Gasteiger partial charge is 0.303 e. The molecule has 0 aliphatic carbocycles. The number of aliphatic carboxylic acids is 1. The largest absolute Gasteiger partial charge is 0.481 e. The molecule has 3 N–H and O–H groups in total. The third-order valence-electron chi connectivity index (χ3n) is 4.22. The average molecular weight is 270 g/mol. The van der Waals surface area contributed by atoms with Crippen molar-refractivity contribution in [2.24, 2.45) is 11.3 Å². The summed E-state index contributed by atoms with van der Waals surface area (Å²) in [6.45, 7) is 6.17. The Morgan fingerprint density at radius 1 is 1.42 bits per heavy atom.